The molecule has 1 aromatic carbocycles. The van der Waals surface area contributed by atoms with Crippen molar-refractivity contribution in [1.29, 1.82) is 0 Å². The molecule has 0 aliphatic rings. The van der Waals surface area contributed by atoms with Crippen molar-refractivity contribution in [2.24, 2.45) is 0 Å². The third-order valence-corrected chi connectivity index (χ3v) is 3.48. The van der Waals surface area contributed by atoms with Crippen molar-refractivity contribution in [3.8, 4) is 0 Å². The second kappa shape index (κ2) is 10.4. The second-order valence-corrected chi connectivity index (χ2v) is 7.00. The normalized spacial score (nSPS) is 12.5. The monoisotopic (exact) mass is 358 g/mol. The molecule has 1 atom stereocenters. The first-order valence-corrected chi connectivity index (χ1v) is 8.81. The zero-order valence-corrected chi connectivity index (χ0v) is 16.2. The summed E-state index contributed by atoms with van der Waals surface area (Å²) in [6, 6.07) is 9.05. The van der Waals surface area contributed by atoms with Gasteiger partial charge in [-0.05, 0) is 39.7 Å². The van der Waals surface area contributed by atoms with Crippen molar-refractivity contribution in [3.05, 3.63) is 60.7 Å². The number of hydrogen-bond donors (Lipinski definition) is 1. The van der Waals surface area contributed by atoms with Crippen molar-refractivity contribution in [3.63, 3.8) is 0 Å². The van der Waals surface area contributed by atoms with Crippen molar-refractivity contribution in [2.45, 2.75) is 52.3 Å². The van der Waals surface area contributed by atoms with Crippen LogP contribution < -0.4 is 5.32 Å². The molecule has 142 valence electrons. The summed E-state index contributed by atoms with van der Waals surface area (Å²) in [6.45, 7) is 11.9. The maximum atomic E-state index is 13.0. The van der Waals surface area contributed by atoms with E-state index in [2.05, 4.69) is 11.9 Å². The average Bonchev–Trinajstić information content (AvgIpc) is 2.57. The van der Waals surface area contributed by atoms with Gasteiger partial charge in [0.2, 0.25) is 5.91 Å². The van der Waals surface area contributed by atoms with Crippen molar-refractivity contribution in [2.75, 3.05) is 6.54 Å². The summed E-state index contributed by atoms with van der Waals surface area (Å²) >= 11 is 0. The van der Waals surface area contributed by atoms with Gasteiger partial charge in [-0.15, -0.1) is 6.58 Å². The number of carbonyl (C=O) groups is 2. The Kier molecular flexibility index (Phi) is 8.62. The standard InChI is InChI=1S/C21H30N2O3/c1-6-8-15-23(16-17-13-10-9-11-14-17)19(24)18(12-7-2)22-20(25)26-21(3,4)5/h6-11,13-14,18H,2,12,15-16H2,1,3-5H3,(H,22,25). The number of rotatable bonds is 8. The number of allylic oxidation sites excluding steroid dienone is 1. The molecule has 0 bridgehead atoms. The maximum absolute atomic E-state index is 13.0. The molecule has 2 amide bonds. The fourth-order valence-corrected chi connectivity index (χ4v) is 2.33. The molecule has 26 heavy (non-hydrogen) atoms. The molecule has 1 N–H and O–H groups in total. The third-order valence-electron chi connectivity index (χ3n) is 3.48. The summed E-state index contributed by atoms with van der Waals surface area (Å²) in [5.41, 5.74) is 0.403. The zero-order chi connectivity index (χ0) is 19.6. The molecule has 0 aliphatic heterocycles. The first-order chi connectivity index (χ1) is 12.3. The smallest absolute Gasteiger partial charge is 0.408 e. The van der Waals surface area contributed by atoms with Crippen LogP contribution in [0.15, 0.2) is 55.1 Å². The molecule has 0 saturated carbocycles. The highest BCUT2D eigenvalue weighted by Crippen LogP contribution is 2.11. The Labute approximate surface area is 156 Å². The Hall–Kier alpha value is -2.56. The molecule has 0 aliphatic carbocycles. The van der Waals surface area contributed by atoms with E-state index in [0.717, 1.165) is 5.56 Å². The van der Waals surface area contributed by atoms with E-state index in [-0.39, 0.29) is 5.91 Å². The number of ether oxygens (including phenoxy) is 1. The van der Waals surface area contributed by atoms with Gasteiger partial charge in [0.1, 0.15) is 11.6 Å². The Morgan fingerprint density at radius 2 is 1.92 bits per heavy atom. The molecular weight excluding hydrogens is 328 g/mol. The van der Waals surface area contributed by atoms with Gasteiger partial charge in [-0.1, -0.05) is 48.6 Å². The third kappa shape index (κ3) is 8.01. The molecule has 0 aromatic heterocycles. The fourth-order valence-electron chi connectivity index (χ4n) is 2.33. The number of alkyl carbamates (subject to hydrolysis) is 1. The molecule has 5 nitrogen and oxygen atoms in total. The summed E-state index contributed by atoms with van der Waals surface area (Å²) < 4.78 is 5.27. The average molecular weight is 358 g/mol. The van der Waals surface area contributed by atoms with Crippen molar-refractivity contribution in [1.82, 2.24) is 10.2 Å². The molecule has 5 heteroatoms. The number of hydrogen-bond acceptors (Lipinski definition) is 3. The van der Waals surface area contributed by atoms with Crippen LogP contribution in [0.3, 0.4) is 0 Å². The van der Waals surface area contributed by atoms with Crippen LogP contribution in [0.2, 0.25) is 0 Å². The lowest BCUT2D eigenvalue weighted by Gasteiger charge is -2.28. The van der Waals surface area contributed by atoms with Gasteiger partial charge in [-0.25, -0.2) is 4.79 Å². The van der Waals surface area contributed by atoms with E-state index in [1.807, 2.05) is 49.4 Å². The fraction of sp³-hybridized carbons (Fsp3) is 0.429. The summed E-state index contributed by atoms with van der Waals surface area (Å²) in [7, 11) is 0. The minimum absolute atomic E-state index is 0.169. The van der Waals surface area contributed by atoms with E-state index < -0.39 is 17.7 Å². The van der Waals surface area contributed by atoms with Crippen LogP contribution in [0.1, 0.15) is 39.7 Å². The van der Waals surface area contributed by atoms with Crippen molar-refractivity contribution >= 4 is 12.0 Å². The Balaban J connectivity index is 2.91. The van der Waals surface area contributed by atoms with Gasteiger partial charge in [0.05, 0.1) is 0 Å². The van der Waals surface area contributed by atoms with Crippen LogP contribution >= 0.6 is 0 Å². The topological polar surface area (TPSA) is 58.6 Å². The highest BCUT2D eigenvalue weighted by Gasteiger charge is 2.27. The van der Waals surface area contributed by atoms with Gasteiger partial charge < -0.3 is 15.0 Å². The largest absolute Gasteiger partial charge is 0.444 e. The van der Waals surface area contributed by atoms with E-state index in [1.165, 1.54) is 0 Å². The lowest BCUT2D eigenvalue weighted by Crippen LogP contribution is -2.49. The van der Waals surface area contributed by atoms with Crippen LogP contribution in [0.25, 0.3) is 0 Å². The molecule has 0 spiro atoms. The van der Waals surface area contributed by atoms with Crippen molar-refractivity contribution < 1.29 is 14.3 Å². The van der Waals surface area contributed by atoms with E-state index in [0.29, 0.717) is 19.5 Å². The number of carbonyl (C=O) groups excluding carboxylic acids is 2. The van der Waals surface area contributed by atoms with E-state index in [9.17, 15) is 9.59 Å². The minimum atomic E-state index is -0.712. The Bertz CT molecular complexity index is 618. The molecule has 0 fully saturated rings. The molecule has 0 saturated heterocycles. The van der Waals surface area contributed by atoms with Gasteiger partial charge >= 0.3 is 6.09 Å². The molecule has 0 radical (unpaired) electrons. The molecule has 1 unspecified atom stereocenters. The second-order valence-electron chi connectivity index (χ2n) is 7.00. The summed E-state index contributed by atoms with van der Waals surface area (Å²) in [6.07, 6.45) is 5.16. The first-order valence-electron chi connectivity index (χ1n) is 8.81. The number of nitrogens with zero attached hydrogens (tertiary/aromatic N) is 1. The number of nitrogens with one attached hydrogen (secondary N) is 1. The van der Waals surface area contributed by atoms with E-state index in [4.69, 9.17) is 4.74 Å². The Morgan fingerprint density at radius 3 is 2.46 bits per heavy atom. The van der Waals surface area contributed by atoms with Gasteiger partial charge in [0.25, 0.3) is 0 Å². The lowest BCUT2D eigenvalue weighted by molar-refractivity contribution is -0.133. The summed E-state index contributed by atoms with van der Waals surface area (Å²) in [5.74, 6) is -0.169. The first kappa shape index (κ1) is 21.5. The molecular formula is C21H30N2O3. The number of amides is 2. The summed E-state index contributed by atoms with van der Waals surface area (Å²) in [4.78, 5) is 26.8. The SMILES string of the molecule is C=CCC(NC(=O)OC(C)(C)C)C(=O)N(CC=CC)Cc1ccccc1. The molecule has 1 rings (SSSR count). The maximum Gasteiger partial charge on any atom is 0.408 e. The lowest BCUT2D eigenvalue weighted by atomic mass is 10.1. The van der Waals surface area contributed by atoms with Gasteiger partial charge in [0, 0.05) is 13.1 Å². The highest BCUT2D eigenvalue weighted by molar-refractivity contribution is 5.86. The zero-order valence-electron chi connectivity index (χ0n) is 16.2. The van der Waals surface area contributed by atoms with Crippen LogP contribution in [-0.2, 0) is 16.1 Å². The predicted molar refractivity (Wildman–Crippen MR) is 105 cm³/mol. The van der Waals surface area contributed by atoms with Crippen LogP contribution in [0.4, 0.5) is 4.79 Å². The van der Waals surface area contributed by atoms with Gasteiger partial charge in [-0.2, -0.15) is 0 Å². The predicted octanol–water partition coefficient (Wildman–Crippen LogP) is 4.06. The number of benzene rings is 1. The van der Waals surface area contributed by atoms with Crippen LogP contribution in [0.5, 0.6) is 0 Å². The molecule has 1 aromatic rings. The Morgan fingerprint density at radius 1 is 1.27 bits per heavy atom. The quantitative estimate of drug-likeness (QED) is 0.713. The minimum Gasteiger partial charge on any atom is -0.444 e. The highest BCUT2D eigenvalue weighted by atomic mass is 16.6. The van der Waals surface area contributed by atoms with Gasteiger partial charge in [-0.3, -0.25) is 4.79 Å². The summed E-state index contributed by atoms with van der Waals surface area (Å²) in [5, 5.41) is 2.67. The van der Waals surface area contributed by atoms with Gasteiger partial charge in [0.15, 0.2) is 0 Å². The van der Waals surface area contributed by atoms with Crippen LogP contribution in [0, 0.1) is 0 Å². The van der Waals surface area contributed by atoms with Crippen LogP contribution in [-0.4, -0.2) is 35.1 Å². The molecule has 0 heterocycles. The van der Waals surface area contributed by atoms with E-state index >= 15 is 0 Å². The van der Waals surface area contributed by atoms with E-state index in [1.54, 1.807) is 31.7 Å².